The zero-order valence-electron chi connectivity index (χ0n) is 10.7. The van der Waals surface area contributed by atoms with Crippen LogP contribution in [0.2, 0.25) is 0 Å². The molecule has 19 heavy (non-hydrogen) atoms. The van der Waals surface area contributed by atoms with E-state index in [1.807, 2.05) is 6.92 Å². The summed E-state index contributed by atoms with van der Waals surface area (Å²) in [6.07, 6.45) is 0.123. The van der Waals surface area contributed by atoms with Gasteiger partial charge in [0.2, 0.25) is 5.89 Å². The molecule has 0 radical (unpaired) electrons. The zero-order valence-corrected chi connectivity index (χ0v) is 10.7. The lowest BCUT2D eigenvalue weighted by Gasteiger charge is -2.04. The van der Waals surface area contributed by atoms with E-state index in [9.17, 15) is 8.78 Å². The topological polar surface area (TPSA) is 38.1 Å². The molecule has 3 nitrogen and oxygen atoms in total. The van der Waals surface area contributed by atoms with Crippen molar-refractivity contribution in [2.24, 2.45) is 0 Å². The molecule has 0 spiro atoms. The fourth-order valence-corrected chi connectivity index (χ4v) is 1.69. The quantitative estimate of drug-likeness (QED) is 0.870. The first-order valence-corrected chi connectivity index (χ1v) is 6.20. The minimum absolute atomic E-state index is 0.0454. The van der Waals surface area contributed by atoms with Gasteiger partial charge in [-0.25, -0.2) is 13.8 Å². The van der Waals surface area contributed by atoms with Crippen LogP contribution in [0.25, 0.3) is 0 Å². The highest BCUT2D eigenvalue weighted by atomic mass is 19.3. The van der Waals surface area contributed by atoms with Crippen molar-refractivity contribution in [1.82, 2.24) is 10.3 Å². The zero-order chi connectivity index (χ0) is 13.7. The molecule has 0 amide bonds. The Kier molecular flexibility index (Phi) is 4.63. The Bertz CT molecular complexity index is 508. The summed E-state index contributed by atoms with van der Waals surface area (Å²) in [5, 5.41) is 3.16. The van der Waals surface area contributed by atoms with E-state index in [1.165, 1.54) is 12.1 Å². The van der Waals surface area contributed by atoms with Crippen molar-refractivity contribution >= 4 is 0 Å². The van der Waals surface area contributed by atoms with Crippen molar-refractivity contribution in [3.63, 3.8) is 0 Å². The SMILES string of the molecule is CCc1cnc(CNCc2ccc(C(F)F)cc2)o1. The van der Waals surface area contributed by atoms with Crippen LogP contribution < -0.4 is 5.32 Å². The number of rotatable bonds is 6. The van der Waals surface area contributed by atoms with Crippen LogP contribution in [0.15, 0.2) is 34.9 Å². The molecule has 1 heterocycles. The summed E-state index contributed by atoms with van der Waals surface area (Å²) in [7, 11) is 0. The van der Waals surface area contributed by atoms with Gasteiger partial charge in [0.05, 0.1) is 12.7 Å². The Labute approximate surface area is 110 Å². The number of benzene rings is 1. The Hall–Kier alpha value is -1.75. The summed E-state index contributed by atoms with van der Waals surface area (Å²) in [4.78, 5) is 4.13. The van der Waals surface area contributed by atoms with E-state index in [4.69, 9.17) is 4.42 Å². The van der Waals surface area contributed by atoms with Crippen molar-refractivity contribution in [2.45, 2.75) is 32.9 Å². The predicted molar refractivity (Wildman–Crippen MR) is 67.8 cm³/mol. The molecule has 0 fully saturated rings. The number of hydrogen-bond acceptors (Lipinski definition) is 3. The molecule has 0 atom stereocenters. The molecule has 1 aromatic heterocycles. The molecule has 0 aliphatic carbocycles. The summed E-state index contributed by atoms with van der Waals surface area (Å²) in [5.41, 5.74) is 0.996. The normalized spacial score (nSPS) is 11.2. The van der Waals surface area contributed by atoms with Crippen LogP contribution in [0.5, 0.6) is 0 Å². The minimum Gasteiger partial charge on any atom is -0.444 e. The molecule has 102 valence electrons. The molecule has 2 rings (SSSR count). The van der Waals surface area contributed by atoms with Gasteiger partial charge in [0.15, 0.2) is 0 Å². The number of hydrogen-bond donors (Lipinski definition) is 1. The van der Waals surface area contributed by atoms with Crippen molar-refractivity contribution in [2.75, 3.05) is 0 Å². The maximum Gasteiger partial charge on any atom is 0.263 e. The third-order valence-electron chi connectivity index (χ3n) is 2.79. The number of oxazole rings is 1. The third-order valence-corrected chi connectivity index (χ3v) is 2.79. The standard InChI is InChI=1S/C14H16F2N2O/c1-2-12-8-18-13(19-12)9-17-7-10-3-5-11(6-4-10)14(15)16/h3-6,8,14,17H,2,7,9H2,1H3. The molecule has 5 heteroatoms. The Morgan fingerprint density at radius 3 is 2.53 bits per heavy atom. The average Bonchev–Trinajstić information content (AvgIpc) is 2.87. The van der Waals surface area contributed by atoms with Crippen LogP contribution in [-0.2, 0) is 19.5 Å². The van der Waals surface area contributed by atoms with Gasteiger partial charge in [-0.15, -0.1) is 0 Å². The Morgan fingerprint density at radius 2 is 1.95 bits per heavy atom. The summed E-state index contributed by atoms with van der Waals surface area (Å²) >= 11 is 0. The Balaban J connectivity index is 1.82. The highest BCUT2D eigenvalue weighted by Gasteiger charge is 2.06. The lowest BCUT2D eigenvalue weighted by atomic mass is 10.1. The van der Waals surface area contributed by atoms with Crippen LogP contribution >= 0.6 is 0 Å². The number of aromatic nitrogens is 1. The van der Waals surface area contributed by atoms with E-state index in [0.29, 0.717) is 19.0 Å². The van der Waals surface area contributed by atoms with Gasteiger partial charge < -0.3 is 9.73 Å². The predicted octanol–water partition coefficient (Wildman–Crippen LogP) is 3.46. The first-order valence-electron chi connectivity index (χ1n) is 6.20. The number of nitrogens with one attached hydrogen (secondary N) is 1. The molecule has 1 N–H and O–H groups in total. The van der Waals surface area contributed by atoms with Gasteiger partial charge >= 0.3 is 0 Å². The third kappa shape index (κ3) is 3.86. The number of alkyl halides is 2. The first-order chi connectivity index (χ1) is 9.19. The van der Waals surface area contributed by atoms with Gasteiger partial charge in [-0.2, -0.15) is 0 Å². The molecule has 0 unspecified atom stereocenters. The van der Waals surface area contributed by atoms with Crippen molar-refractivity contribution in [3.05, 3.63) is 53.2 Å². The van der Waals surface area contributed by atoms with E-state index in [1.54, 1.807) is 18.3 Å². The summed E-state index contributed by atoms with van der Waals surface area (Å²) in [6, 6.07) is 6.28. The fourth-order valence-electron chi connectivity index (χ4n) is 1.69. The molecular formula is C14H16F2N2O. The van der Waals surface area contributed by atoms with Crippen LogP contribution in [0.4, 0.5) is 8.78 Å². The van der Waals surface area contributed by atoms with E-state index in [0.717, 1.165) is 17.7 Å². The molecule has 1 aromatic carbocycles. The molecule has 0 aliphatic heterocycles. The van der Waals surface area contributed by atoms with E-state index >= 15 is 0 Å². The molecule has 2 aromatic rings. The summed E-state index contributed by atoms with van der Waals surface area (Å²) in [6.45, 7) is 3.12. The van der Waals surface area contributed by atoms with E-state index in [2.05, 4.69) is 10.3 Å². The van der Waals surface area contributed by atoms with Crippen LogP contribution in [-0.4, -0.2) is 4.98 Å². The second kappa shape index (κ2) is 6.43. The molecule has 0 saturated heterocycles. The van der Waals surface area contributed by atoms with Gasteiger partial charge in [-0.1, -0.05) is 31.2 Å². The summed E-state index contributed by atoms with van der Waals surface area (Å²) < 4.78 is 30.2. The number of halogens is 2. The monoisotopic (exact) mass is 266 g/mol. The van der Waals surface area contributed by atoms with Crippen LogP contribution in [0.1, 0.15) is 36.1 Å². The fraction of sp³-hybridized carbons (Fsp3) is 0.357. The Morgan fingerprint density at radius 1 is 1.21 bits per heavy atom. The van der Waals surface area contributed by atoms with Crippen LogP contribution in [0, 0.1) is 0 Å². The smallest absolute Gasteiger partial charge is 0.263 e. The maximum absolute atomic E-state index is 12.4. The first kappa shape index (κ1) is 13.7. The number of aryl methyl sites for hydroxylation is 1. The van der Waals surface area contributed by atoms with Gasteiger partial charge in [0, 0.05) is 18.5 Å². The summed E-state index contributed by atoms with van der Waals surface area (Å²) in [5.74, 6) is 1.50. The van der Waals surface area contributed by atoms with Crippen LogP contribution in [0.3, 0.4) is 0 Å². The largest absolute Gasteiger partial charge is 0.444 e. The van der Waals surface area contributed by atoms with Crippen molar-refractivity contribution in [1.29, 1.82) is 0 Å². The molecular weight excluding hydrogens is 250 g/mol. The lowest BCUT2D eigenvalue weighted by molar-refractivity contribution is 0.151. The highest BCUT2D eigenvalue weighted by molar-refractivity contribution is 5.23. The van der Waals surface area contributed by atoms with Gasteiger partial charge in [0.1, 0.15) is 5.76 Å². The van der Waals surface area contributed by atoms with Crippen molar-refractivity contribution < 1.29 is 13.2 Å². The van der Waals surface area contributed by atoms with E-state index in [-0.39, 0.29) is 5.56 Å². The van der Waals surface area contributed by atoms with Gasteiger partial charge in [-0.05, 0) is 5.56 Å². The maximum atomic E-state index is 12.4. The molecule has 0 aliphatic rings. The van der Waals surface area contributed by atoms with Gasteiger partial charge in [0.25, 0.3) is 6.43 Å². The van der Waals surface area contributed by atoms with E-state index < -0.39 is 6.43 Å². The average molecular weight is 266 g/mol. The molecule has 0 saturated carbocycles. The lowest BCUT2D eigenvalue weighted by Crippen LogP contribution is -2.12. The second-order valence-electron chi connectivity index (χ2n) is 4.22. The minimum atomic E-state index is -2.42. The molecule has 0 bridgehead atoms. The van der Waals surface area contributed by atoms with Crippen molar-refractivity contribution in [3.8, 4) is 0 Å². The second-order valence-corrected chi connectivity index (χ2v) is 4.22. The number of nitrogens with zero attached hydrogens (tertiary/aromatic N) is 1. The van der Waals surface area contributed by atoms with Gasteiger partial charge in [-0.3, -0.25) is 0 Å². The highest BCUT2D eigenvalue weighted by Crippen LogP contribution is 2.18.